The highest BCUT2D eigenvalue weighted by atomic mass is 14.9. The highest BCUT2D eigenvalue weighted by Gasteiger charge is 1.98. The summed E-state index contributed by atoms with van der Waals surface area (Å²) in [6.07, 6.45) is 1.80. The molecule has 3 nitrogen and oxygen atoms in total. The van der Waals surface area contributed by atoms with Crippen LogP contribution in [0.3, 0.4) is 0 Å². The minimum absolute atomic E-state index is 0.857. The van der Waals surface area contributed by atoms with Crippen LogP contribution in [-0.4, -0.2) is 17.0 Å². The second kappa shape index (κ2) is 2.95. The molecule has 0 saturated heterocycles. The molecule has 0 aromatic carbocycles. The summed E-state index contributed by atoms with van der Waals surface area (Å²) in [5.41, 5.74) is 3.30. The monoisotopic (exact) mass is 161 g/mol. The molecule has 0 aliphatic carbocycles. The molecule has 3 heteroatoms. The van der Waals surface area contributed by atoms with Crippen LogP contribution in [0.1, 0.15) is 5.69 Å². The Bertz CT molecular complexity index is 345. The Morgan fingerprint density at radius 3 is 3.25 bits per heavy atom. The van der Waals surface area contributed by atoms with E-state index in [4.69, 9.17) is 0 Å². The molecule has 0 unspecified atom stereocenters. The van der Waals surface area contributed by atoms with E-state index in [1.54, 1.807) is 6.20 Å². The van der Waals surface area contributed by atoms with Gasteiger partial charge in [0.15, 0.2) is 0 Å². The third-order valence-corrected chi connectivity index (χ3v) is 1.81. The Hall–Kier alpha value is -1.35. The van der Waals surface area contributed by atoms with Gasteiger partial charge >= 0.3 is 0 Å². The lowest BCUT2D eigenvalue weighted by atomic mass is 10.4. The Morgan fingerprint density at radius 1 is 1.58 bits per heavy atom. The molecule has 0 aliphatic rings. The van der Waals surface area contributed by atoms with Crippen LogP contribution >= 0.6 is 0 Å². The first kappa shape index (κ1) is 7.31. The van der Waals surface area contributed by atoms with Crippen LogP contribution in [0.4, 0.5) is 0 Å². The molecule has 0 atom stereocenters. The van der Waals surface area contributed by atoms with Gasteiger partial charge in [0.25, 0.3) is 0 Å². The van der Waals surface area contributed by atoms with Gasteiger partial charge < -0.3 is 10.3 Å². The average molecular weight is 161 g/mol. The van der Waals surface area contributed by atoms with Crippen LogP contribution in [0.5, 0.6) is 0 Å². The number of hydrogen-bond donors (Lipinski definition) is 2. The van der Waals surface area contributed by atoms with E-state index in [0.717, 1.165) is 17.6 Å². The maximum absolute atomic E-state index is 4.23. The minimum atomic E-state index is 0.857. The average Bonchev–Trinajstić information content (AvgIpc) is 2.47. The van der Waals surface area contributed by atoms with Crippen LogP contribution in [0.2, 0.25) is 0 Å². The first-order chi connectivity index (χ1) is 5.90. The maximum atomic E-state index is 4.23. The first-order valence-corrected chi connectivity index (χ1v) is 3.97. The number of pyridine rings is 1. The van der Waals surface area contributed by atoms with Crippen LogP contribution in [0, 0.1) is 0 Å². The molecule has 0 fully saturated rings. The molecule has 0 aliphatic heterocycles. The fraction of sp³-hybridized carbons (Fsp3) is 0.222. The van der Waals surface area contributed by atoms with Crippen LogP contribution < -0.4 is 5.32 Å². The lowest BCUT2D eigenvalue weighted by Gasteiger charge is -1.91. The summed E-state index contributed by atoms with van der Waals surface area (Å²) in [5.74, 6) is 0. The summed E-state index contributed by atoms with van der Waals surface area (Å²) in [5, 5.41) is 3.09. The number of fused-ring (bicyclic) bond motifs is 1. The third-order valence-electron chi connectivity index (χ3n) is 1.81. The molecule has 12 heavy (non-hydrogen) atoms. The number of nitrogens with one attached hydrogen (secondary N) is 2. The summed E-state index contributed by atoms with van der Waals surface area (Å²) in [6, 6.07) is 6.02. The van der Waals surface area contributed by atoms with Crippen molar-refractivity contribution in [3.05, 3.63) is 30.1 Å². The number of nitrogens with zero attached hydrogens (tertiary/aromatic N) is 1. The zero-order valence-electron chi connectivity index (χ0n) is 6.96. The van der Waals surface area contributed by atoms with E-state index in [0.29, 0.717) is 0 Å². The van der Waals surface area contributed by atoms with E-state index in [9.17, 15) is 0 Å². The van der Waals surface area contributed by atoms with Crippen LogP contribution in [-0.2, 0) is 6.54 Å². The van der Waals surface area contributed by atoms with Crippen molar-refractivity contribution in [2.75, 3.05) is 7.05 Å². The third kappa shape index (κ3) is 1.19. The summed E-state index contributed by atoms with van der Waals surface area (Å²) in [7, 11) is 1.93. The van der Waals surface area contributed by atoms with Crippen molar-refractivity contribution < 1.29 is 0 Å². The summed E-state index contributed by atoms with van der Waals surface area (Å²) < 4.78 is 0. The van der Waals surface area contributed by atoms with E-state index < -0.39 is 0 Å². The molecule has 2 N–H and O–H groups in total. The number of aromatic amines is 1. The largest absolute Gasteiger partial charge is 0.356 e. The van der Waals surface area contributed by atoms with Crippen molar-refractivity contribution in [3.63, 3.8) is 0 Å². The van der Waals surface area contributed by atoms with Crippen LogP contribution in [0.15, 0.2) is 24.4 Å². The van der Waals surface area contributed by atoms with Gasteiger partial charge in [-0.05, 0) is 25.2 Å². The van der Waals surface area contributed by atoms with Crippen molar-refractivity contribution in [1.82, 2.24) is 15.3 Å². The Kier molecular flexibility index (Phi) is 1.80. The second-order valence-electron chi connectivity index (χ2n) is 2.76. The Balaban J connectivity index is 2.47. The smallest absolute Gasteiger partial charge is 0.0882 e. The highest BCUT2D eigenvalue weighted by Crippen LogP contribution is 2.11. The van der Waals surface area contributed by atoms with Gasteiger partial charge in [-0.15, -0.1) is 0 Å². The normalized spacial score (nSPS) is 10.8. The molecule has 0 radical (unpaired) electrons. The zero-order chi connectivity index (χ0) is 8.39. The fourth-order valence-electron chi connectivity index (χ4n) is 1.30. The van der Waals surface area contributed by atoms with Gasteiger partial charge in [-0.3, -0.25) is 4.98 Å². The van der Waals surface area contributed by atoms with E-state index in [1.807, 2.05) is 19.2 Å². The van der Waals surface area contributed by atoms with Gasteiger partial charge in [-0.2, -0.15) is 0 Å². The second-order valence-corrected chi connectivity index (χ2v) is 2.76. The molecule has 2 heterocycles. The molecule has 0 amide bonds. The van der Waals surface area contributed by atoms with Gasteiger partial charge in [0.1, 0.15) is 0 Å². The number of hydrogen-bond acceptors (Lipinski definition) is 2. The van der Waals surface area contributed by atoms with E-state index >= 15 is 0 Å². The number of aromatic nitrogens is 2. The highest BCUT2D eigenvalue weighted by molar-refractivity contribution is 5.75. The van der Waals surface area contributed by atoms with Crippen molar-refractivity contribution in [3.8, 4) is 0 Å². The standard InChI is InChI=1S/C9H11N3/c1-10-6-7-5-9-8(12-7)3-2-4-11-9/h2-5,10,12H,6H2,1H3. The van der Waals surface area contributed by atoms with Gasteiger partial charge in [-0.1, -0.05) is 0 Å². The molecular formula is C9H11N3. The molecule has 2 aromatic rings. The van der Waals surface area contributed by atoms with E-state index in [2.05, 4.69) is 21.4 Å². The van der Waals surface area contributed by atoms with Gasteiger partial charge in [0.05, 0.1) is 11.0 Å². The molecule has 0 bridgehead atoms. The minimum Gasteiger partial charge on any atom is -0.356 e. The molecule has 2 aromatic heterocycles. The predicted octanol–water partition coefficient (Wildman–Crippen LogP) is 1.28. The number of rotatable bonds is 2. The first-order valence-electron chi connectivity index (χ1n) is 3.97. The Labute approximate surface area is 70.8 Å². The molecule has 0 saturated carbocycles. The van der Waals surface area contributed by atoms with Crippen LogP contribution in [0.25, 0.3) is 11.0 Å². The fourth-order valence-corrected chi connectivity index (χ4v) is 1.30. The quantitative estimate of drug-likeness (QED) is 0.696. The molecular weight excluding hydrogens is 150 g/mol. The van der Waals surface area contributed by atoms with Crippen molar-refractivity contribution in [2.24, 2.45) is 0 Å². The molecule has 62 valence electrons. The summed E-state index contributed by atoms with van der Waals surface area (Å²) in [4.78, 5) is 7.50. The van der Waals surface area contributed by atoms with Gasteiger partial charge in [0.2, 0.25) is 0 Å². The lowest BCUT2D eigenvalue weighted by molar-refractivity contribution is 0.799. The number of H-pyrrole nitrogens is 1. The van der Waals surface area contributed by atoms with E-state index in [-0.39, 0.29) is 0 Å². The lowest BCUT2D eigenvalue weighted by Crippen LogP contribution is -2.04. The SMILES string of the molecule is CNCc1cc2ncccc2[nH]1. The Morgan fingerprint density at radius 2 is 2.50 bits per heavy atom. The van der Waals surface area contributed by atoms with Gasteiger partial charge in [0, 0.05) is 18.4 Å². The van der Waals surface area contributed by atoms with Crippen molar-refractivity contribution in [1.29, 1.82) is 0 Å². The maximum Gasteiger partial charge on any atom is 0.0882 e. The van der Waals surface area contributed by atoms with Gasteiger partial charge in [-0.25, -0.2) is 0 Å². The zero-order valence-corrected chi connectivity index (χ0v) is 6.96. The van der Waals surface area contributed by atoms with E-state index in [1.165, 1.54) is 5.69 Å². The summed E-state index contributed by atoms with van der Waals surface area (Å²) in [6.45, 7) is 0.857. The van der Waals surface area contributed by atoms with Crippen molar-refractivity contribution in [2.45, 2.75) is 6.54 Å². The topological polar surface area (TPSA) is 40.7 Å². The van der Waals surface area contributed by atoms with Crippen molar-refractivity contribution >= 4 is 11.0 Å². The predicted molar refractivity (Wildman–Crippen MR) is 48.9 cm³/mol. The summed E-state index contributed by atoms with van der Waals surface area (Å²) >= 11 is 0. The molecule has 2 rings (SSSR count). The molecule has 0 spiro atoms.